The second kappa shape index (κ2) is 5.73. The highest BCUT2D eigenvalue weighted by molar-refractivity contribution is 7.89. The van der Waals surface area contributed by atoms with E-state index in [1.165, 1.54) is 0 Å². The number of nitrogens with zero attached hydrogens (tertiary/aromatic N) is 2. The Hall–Kier alpha value is -1.86. The van der Waals surface area contributed by atoms with Crippen LogP contribution in [0.15, 0.2) is 35.4 Å². The van der Waals surface area contributed by atoms with Crippen molar-refractivity contribution in [3.8, 4) is 5.75 Å². The summed E-state index contributed by atoms with van der Waals surface area (Å²) >= 11 is 0. The molecule has 0 fully saturated rings. The van der Waals surface area contributed by atoms with Gasteiger partial charge in [-0.1, -0.05) is 0 Å². The average molecular weight is 321 g/mol. The standard InChI is InChI=1S/C15H19N3O3S/c1-11-9-14(3-4-15(11)21-2)22(19,20)17-12-6-8-18-13(10-12)5-7-16-18/h3-5,7,9,12,17H,6,8,10H2,1-2H3/t12-/m1/s1. The van der Waals surface area contributed by atoms with E-state index in [-0.39, 0.29) is 10.9 Å². The lowest BCUT2D eigenvalue weighted by atomic mass is 10.1. The van der Waals surface area contributed by atoms with Crippen molar-refractivity contribution >= 4 is 10.0 Å². The summed E-state index contributed by atoms with van der Waals surface area (Å²) in [6, 6.07) is 6.71. The first-order valence-corrected chi connectivity index (χ1v) is 8.65. The second-order valence-electron chi connectivity index (χ2n) is 5.49. The summed E-state index contributed by atoms with van der Waals surface area (Å²) in [4.78, 5) is 0.268. The zero-order valence-electron chi connectivity index (χ0n) is 12.6. The maximum absolute atomic E-state index is 12.5. The quantitative estimate of drug-likeness (QED) is 0.926. The molecule has 6 nitrogen and oxygen atoms in total. The number of aryl methyl sites for hydroxylation is 2. The minimum absolute atomic E-state index is 0.100. The molecular weight excluding hydrogens is 302 g/mol. The first kappa shape index (κ1) is 15.1. The largest absolute Gasteiger partial charge is 0.496 e. The molecule has 1 aliphatic heterocycles. The van der Waals surface area contributed by atoms with Gasteiger partial charge >= 0.3 is 0 Å². The van der Waals surface area contributed by atoms with Crippen LogP contribution in [0.25, 0.3) is 0 Å². The number of nitrogens with one attached hydrogen (secondary N) is 1. The van der Waals surface area contributed by atoms with Gasteiger partial charge in [-0.3, -0.25) is 4.68 Å². The van der Waals surface area contributed by atoms with Crippen LogP contribution in [0.3, 0.4) is 0 Å². The summed E-state index contributed by atoms with van der Waals surface area (Å²) in [5.74, 6) is 0.681. The highest BCUT2D eigenvalue weighted by Gasteiger charge is 2.25. The van der Waals surface area contributed by atoms with Gasteiger partial charge in [0.25, 0.3) is 0 Å². The lowest BCUT2D eigenvalue weighted by Gasteiger charge is -2.24. The van der Waals surface area contributed by atoms with Crippen molar-refractivity contribution in [1.82, 2.24) is 14.5 Å². The molecule has 7 heteroatoms. The van der Waals surface area contributed by atoms with Crippen LogP contribution >= 0.6 is 0 Å². The van der Waals surface area contributed by atoms with Crippen molar-refractivity contribution in [1.29, 1.82) is 0 Å². The molecule has 3 rings (SSSR count). The van der Waals surface area contributed by atoms with Crippen molar-refractivity contribution in [2.45, 2.75) is 37.2 Å². The number of methoxy groups -OCH3 is 1. The van der Waals surface area contributed by atoms with E-state index < -0.39 is 10.0 Å². The maximum atomic E-state index is 12.5. The average Bonchev–Trinajstić information content (AvgIpc) is 2.94. The molecule has 1 aromatic heterocycles. The zero-order chi connectivity index (χ0) is 15.7. The molecule has 0 aliphatic carbocycles. The van der Waals surface area contributed by atoms with Crippen LogP contribution in [0.4, 0.5) is 0 Å². The van der Waals surface area contributed by atoms with Crippen LogP contribution < -0.4 is 9.46 Å². The number of ether oxygens (including phenoxy) is 1. The van der Waals surface area contributed by atoms with Gasteiger partial charge in [-0.05, 0) is 43.2 Å². The Kier molecular flexibility index (Phi) is 3.92. The van der Waals surface area contributed by atoms with Crippen molar-refractivity contribution < 1.29 is 13.2 Å². The predicted molar refractivity (Wildman–Crippen MR) is 82.4 cm³/mol. The summed E-state index contributed by atoms with van der Waals surface area (Å²) in [7, 11) is -1.96. The van der Waals surface area contributed by atoms with Gasteiger partial charge in [-0.25, -0.2) is 13.1 Å². The van der Waals surface area contributed by atoms with E-state index in [9.17, 15) is 8.42 Å². The van der Waals surface area contributed by atoms with Crippen LogP contribution in [-0.2, 0) is 23.0 Å². The van der Waals surface area contributed by atoms with Crippen LogP contribution in [-0.4, -0.2) is 31.3 Å². The summed E-state index contributed by atoms with van der Waals surface area (Å²) in [5, 5.41) is 4.20. The molecule has 0 saturated heterocycles. The van der Waals surface area contributed by atoms with Gasteiger partial charge in [0, 0.05) is 30.9 Å². The number of rotatable bonds is 4. The molecule has 0 spiro atoms. The Labute approximate surface area is 130 Å². The molecule has 0 bridgehead atoms. The third kappa shape index (κ3) is 2.86. The monoisotopic (exact) mass is 321 g/mol. The molecule has 22 heavy (non-hydrogen) atoms. The normalized spacial score (nSPS) is 18.0. The molecule has 118 valence electrons. The first-order chi connectivity index (χ1) is 10.5. The van der Waals surface area contributed by atoms with E-state index in [0.717, 1.165) is 24.2 Å². The third-order valence-electron chi connectivity index (χ3n) is 3.95. The van der Waals surface area contributed by atoms with E-state index in [0.29, 0.717) is 12.2 Å². The number of hydrogen-bond donors (Lipinski definition) is 1. The molecule has 0 amide bonds. The van der Waals surface area contributed by atoms with Gasteiger partial charge in [-0.2, -0.15) is 5.10 Å². The minimum Gasteiger partial charge on any atom is -0.496 e. The highest BCUT2D eigenvalue weighted by atomic mass is 32.2. The van der Waals surface area contributed by atoms with Crippen molar-refractivity contribution in [3.63, 3.8) is 0 Å². The van der Waals surface area contributed by atoms with E-state index in [1.807, 2.05) is 17.7 Å². The highest BCUT2D eigenvalue weighted by Crippen LogP contribution is 2.22. The number of aromatic nitrogens is 2. The summed E-state index contributed by atoms with van der Waals surface area (Å²) in [6.07, 6.45) is 3.15. The molecule has 0 unspecified atom stereocenters. The molecule has 1 aromatic carbocycles. The number of hydrogen-bond acceptors (Lipinski definition) is 4. The molecule has 2 heterocycles. The molecule has 1 N–H and O–H groups in total. The second-order valence-corrected chi connectivity index (χ2v) is 7.20. The molecule has 1 atom stereocenters. The first-order valence-electron chi connectivity index (χ1n) is 7.17. The van der Waals surface area contributed by atoms with E-state index >= 15 is 0 Å². The van der Waals surface area contributed by atoms with Crippen LogP contribution in [0.1, 0.15) is 17.7 Å². The fourth-order valence-corrected chi connectivity index (χ4v) is 4.13. The fourth-order valence-electron chi connectivity index (χ4n) is 2.77. The maximum Gasteiger partial charge on any atom is 0.240 e. The molecule has 0 radical (unpaired) electrons. The summed E-state index contributed by atoms with van der Waals surface area (Å²) in [5.41, 5.74) is 1.86. The Morgan fingerprint density at radius 2 is 2.18 bits per heavy atom. The van der Waals surface area contributed by atoms with Gasteiger partial charge in [0.05, 0.1) is 12.0 Å². The SMILES string of the molecule is COc1ccc(S(=O)(=O)N[C@@H]2CCn3nccc3C2)cc1C. The van der Waals surface area contributed by atoms with Gasteiger partial charge in [0.1, 0.15) is 5.75 Å². The minimum atomic E-state index is -3.53. The van der Waals surface area contributed by atoms with E-state index in [1.54, 1.807) is 31.5 Å². The smallest absolute Gasteiger partial charge is 0.240 e. The summed E-state index contributed by atoms with van der Waals surface area (Å²) in [6.45, 7) is 2.56. The van der Waals surface area contributed by atoms with Crippen molar-refractivity contribution in [2.24, 2.45) is 0 Å². The van der Waals surface area contributed by atoms with Crippen LogP contribution in [0, 0.1) is 6.92 Å². The van der Waals surface area contributed by atoms with Crippen LogP contribution in [0.5, 0.6) is 5.75 Å². The van der Waals surface area contributed by atoms with Crippen LogP contribution in [0.2, 0.25) is 0 Å². The lowest BCUT2D eigenvalue weighted by molar-refractivity contribution is 0.410. The molecular formula is C15H19N3O3S. The van der Waals surface area contributed by atoms with Gasteiger partial charge in [0.2, 0.25) is 10.0 Å². The Morgan fingerprint density at radius 3 is 2.91 bits per heavy atom. The van der Waals surface area contributed by atoms with Gasteiger partial charge < -0.3 is 4.74 Å². The summed E-state index contributed by atoms with van der Waals surface area (Å²) < 4.78 is 34.9. The zero-order valence-corrected chi connectivity index (χ0v) is 13.4. The topological polar surface area (TPSA) is 73.2 Å². The Morgan fingerprint density at radius 1 is 1.36 bits per heavy atom. The lowest BCUT2D eigenvalue weighted by Crippen LogP contribution is -2.40. The number of fused-ring (bicyclic) bond motifs is 1. The fraction of sp³-hybridized carbons (Fsp3) is 0.400. The Bertz CT molecular complexity index is 783. The van der Waals surface area contributed by atoms with Gasteiger partial charge in [-0.15, -0.1) is 0 Å². The molecule has 1 aliphatic rings. The van der Waals surface area contributed by atoms with E-state index in [4.69, 9.17) is 4.74 Å². The van der Waals surface area contributed by atoms with Crippen molar-refractivity contribution in [2.75, 3.05) is 7.11 Å². The number of sulfonamides is 1. The van der Waals surface area contributed by atoms with Crippen molar-refractivity contribution in [3.05, 3.63) is 41.7 Å². The van der Waals surface area contributed by atoms with Gasteiger partial charge in [0.15, 0.2) is 0 Å². The molecule has 2 aromatic rings. The van der Waals surface area contributed by atoms with E-state index in [2.05, 4.69) is 9.82 Å². The Balaban J connectivity index is 1.78. The molecule has 0 saturated carbocycles. The predicted octanol–water partition coefficient (Wildman–Crippen LogP) is 1.49. The third-order valence-corrected chi connectivity index (χ3v) is 5.47. The number of benzene rings is 1.